The van der Waals surface area contributed by atoms with E-state index >= 15 is 0 Å². The highest BCUT2D eigenvalue weighted by Crippen LogP contribution is 2.28. The van der Waals surface area contributed by atoms with Crippen molar-refractivity contribution in [3.05, 3.63) is 59.3 Å². The number of rotatable bonds is 4. The highest BCUT2D eigenvalue weighted by atomic mass is 15.2. The Morgan fingerprint density at radius 1 is 0.880 bits per heavy atom. The van der Waals surface area contributed by atoms with Crippen molar-refractivity contribution >= 4 is 34.5 Å². The minimum atomic E-state index is 0.462. The molecule has 0 saturated carbocycles. The lowest BCUT2D eigenvalue weighted by Crippen LogP contribution is -2.06. The van der Waals surface area contributed by atoms with Crippen molar-refractivity contribution in [1.29, 1.82) is 0 Å². The zero-order valence-corrected chi connectivity index (χ0v) is 14.6. The molecule has 6 nitrogen and oxygen atoms in total. The topological polar surface area (TPSA) is 102 Å². The molecule has 3 rings (SSSR count). The van der Waals surface area contributed by atoms with Gasteiger partial charge in [-0.1, -0.05) is 17.7 Å². The second kappa shape index (κ2) is 6.68. The summed E-state index contributed by atoms with van der Waals surface area (Å²) < 4.78 is 0. The zero-order valence-electron chi connectivity index (χ0n) is 14.6. The van der Waals surface area contributed by atoms with Crippen molar-refractivity contribution in [3.8, 4) is 0 Å². The minimum Gasteiger partial charge on any atom is -0.399 e. The number of hydrogen-bond acceptors (Lipinski definition) is 6. The highest BCUT2D eigenvalue weighted by Gasteiger charge is 2.09. The molecule has 0 radical (unpaired) electrons. The first kappa shape index (κ1) is 16.6. The van der Waals surface area contributed by atoms with E-state index in [0.717, 1.165) is 22.5 Å². The van der Waals surface area contributed by atoms with Gasteiger partial charge in [-0.3, -0.25) is 0 Å². The zero-order chi connectivity index (χ0) is 18.0. The Kier molecular flexibility index (Phi) is 4.43. The van der Waals surface area contributed by atoms with E-state index in [-0.39, 0.29) is 0 Å². The Labute approximate surface area is 147 Å². The van der Waals surface area contributed by atoms with Crippen LogP contribution in [0.2, 0.25) is 0 Å². The molecule has 6 N–H and O–H groups in total. The van der Waals surface area contributed by atoms with Crippen LogP contribution in [-0.4, -0.2) is 9.97 Å². The maximum Gasteiger partial charge on any atom is 0.229 e. The van der Waals surface area contributed by atoms with Crippen LogP contribution in [0.4, 0.5) is 34.5 Å². The van der Waals surface area contributed by atoms with Gasteiger partial charge in [-0.15, -0.1) is 0 Å². The molecule has 6 heteroatoms. The quantitative estimate of drug-likeness (QED) is 0.537. The van der Waals surface area contributed by atoms with Gasteiger partial charge in [0, 0.05) is 17.1 Å². The van der Waals surface area contributed by atoms with Gasteiger partial charge in [-0.05, 0) is 56.2 Å². The summed E-state index contributed by atoms with van der Waals surface area (Å²) in [6.07, 6.45) is 1.59. The molecule has 3 aromatic rings. The van der Waals surface area contributed by atoms with Crippen molar-refractivity contribution in [1.82, 2.24) is 9.97 Å². The summed E-state index contributed by atoms with van der Waals surface area (Å²) in [6, 6.07) is 11.6. The van der Waals surface area contributed by atoms with Gasteiger partial charge in [0.1, 0.15) is 0 Å². The van der Waals surface area contributed by atoms with Crippen LogP contribution in [0.15, 0.2) is 42.6 Å². The number of aromatic nitrogens is 2. The number of benzene rings is 2. The minimum absolute atomic E-state index is 0.462. The van der Waals surface area contributed by atoms with Crippen LogP contribution in [-0.2, 0) is 0 Å². The standard InChI is InChI=1S/C19H22N6/c1-11-8-12(2)17(13(3)9-11)24-18-16(21)10-22-19(25-18)23-15-6-4-14(20)5-7-15/h4-10H,20-21H2,1-3H3,(H2,22,23,24,25). The average molecular weight is 334 g/mol. The SMILES string of the molecule is Cc1cc(C)c(Nc2nc(Nc3ccc(N)cc3)ncc2N)c(C)c1. The van der Waals surface area contributed by atoms with Crippen LogP contribution < -0.4 is 22.1 Å². The third kappa shape index (κ3) is 3.80. The molecule has 0 aliphatic carbocycles. The van der Waals surface area contributed by atoms with Crippen LogP contribution in [0.1, 0.15) is 16.7 Å². The van der Waals surface area contributed by atoms with Gasteiger partial charge < -0.3 is 22.1 Å². The third-order valence-corrected chi connectivity index (χ3v) is 3.90. The summed E-state index contributed by atoms with van der Waals surface area (Å²) in [7, 11) is 0. The summed E-state index contributed by atoms with van der Waals surface area (Å²) in [5.41, 5.74) is 18.3. The molecule has 1 heterocycles. The van der Waals surface area contributed by atoms with E-state index in [1.165, 1.54) is 5.56 Å². The normalized spacial score (nSPS) is 10.5. The Morgan fingerprint density at radius 2 is 1.52 bits per heavy atom. The number of aryl methyl sites for hydroxylation is 3. The van der Waals surface area contributed by atoms with Gasteiger partial charge in [-0.2, -0.15) is 4.98 Å². The summed E-state index contributed by atoms with van der Waals surface area (Å²) in [5.74, 6) is 1.03. The number of hydrogen-bond donors (Lipinski definition) is 4. The number of anilines is 6. The molecule has 0 fully saturated rings. The van der Waals surface area contributed by atoms with E-state index < -0.39 is 0 Å². The van der Waals surface area contributed by atoms with Gasteiger partial charge in [0.15, 0.2) is 5.82 Å². The molecule has 0 aliphatic rings. The number of nitrogens with zero attached hydrogens (tertiary/aromatic N) is 2. The first-order chi connectivity index (χ1) is 11.9. The third-order valence-electron chi connectivity index (χ3n) is 3.90. The second-order valence-electron chi connectivity index (χ2n) is 6.14. The van der Waals surface area contributed by atoms with Gasteiger partial charge in [0.2, 0.25) is 5.95 Å². The van der Waals surface area contributed by atoms with Crippen LogP contribution >= 0.6 is 0 Å². The first-order valence-electron chi connectivity index (χ1n) is 8.02. The van der Waals surface area contributed by atoms with Crippen molar-refractivity contribution < 1.29 is 0 Å². The van der Waals surface area contributed by atoms with E-state index in [2.05, 4.69) is 53.5 Å². The van der Waals surface area contributed by atoms with Gasteiger partial charge >= 0.3 is 0 Å². The van der Waals surface area contributed by atoms with Crippen LogP contribution in [0.5, 0.6) is 0 Å². The van der Waals surface area contributed by atoms with E-state index in [1.54, 1.807) is 6.20 Å². The molecule has 1 aromatic heterocycles. The van der Waals surface area contributed by atoms with Crippen molar-refractivity contribution in [2.45, 2.75) is 20.8 Å². The summed E-state index contributed by atoms with van der Waals surface area (Å²) in [5, 5.41) is 6.48. The van der Waals surface area contributed by atoms with E-state index in [1.807, 2.05) is 24.3 Å². The van der Waals surface area contributed by atoms with Crippen LogP contribution in [0.25, 0.3) is 0 Å². The molecule has 128 valence electrons. The molecule has 0 unspecified atom stereocenters. The summed E-state index contributed by atoms with van der Waals surface area (Å²) >= 11 is 0. The average Bonchev–Trinajstić information content (AvgIpc) is 2.55. The second-order valence-corrected chi connectivity index (χ2v) is 6.14. The molecule has 25 heavy (non-hydrogen) atoms. The van der Waals surface area contributed by atoms with Crippen molar-refractivity contribution in [3.63, 3.8) is 0 Å². The Hall–Kier alpha value is -3.28. The van der Waals surface area contributed by atoms with Crippen LogP contribution in [0.3, 0.4) is 0 Å². The highest BCUT2D eigenvalue weighted by molar-refractivity contribution is 5.73. The fraction of sp³-hybridized carbons (Fsp3) is 0.158. The lowest BCUT2D eigenvalue weighted by atomic mass is 10.1. The van der Waals surface area contributed by atoms with E-state index in [9.17, 15) is 0 Å². The maximum absolute atomic E-state index is 6.05. The van der Waals surface area contributed by atoms with E-state index in [4.69, 9.17) is 11.5 Å². The largest absolute Gasteiger partial charge is 0.399 e. The molecule has 0 bridgehead atoms. The number of nitrogens with one attached hydrogen (secondary N) is 2. The number of nitrogens with two attached hydrogens (primary N) is 2. The van der Waals surface area contributed by atoms with Crippen molar-refractivity contribution in [2.75, 3.05) is 22.1 Å². The van der Waals surface area contributed by atoms with E-state index in [0.29, 0.717) is 23.1 Å². The van der Waals surface area contributed by atoms with Gasteiger partial charge in [0.05, 0.1) is 11.9 Å². The van der Waals surface area contributed by atoms with Crippen LogP contribution in [0, 0.1) is 20.8 Å². The maximum atomic E-state index is 6.05. The summed E-state index contributed by atoms with van der Waals surface area (Å²) in [6.45, 7) is 6.21. The molecule has 0 amide bonds. The van der Waals surface area contributed by atoms with Gasteiger partial charge in [0.25, 0.3) is 0 Å². The predicted molar refractivity (Wildman–Crippen MR) is 105 cm³/mol. The Morgan fingerprint density at radius 3 is 2.16 bits per heavy atom. The predicted octanol–water partition coefficient (Wildman–Crippen LogP) is 4.05. The smallest absolute Gasteiger partial charge is 0.229 e. The lowest BCUT2D eigenvalue weighted by Gasteiger charge is -2.15. The Balaban J connectivity index is 1.88. The van der Waals surface area contributed by atoms with Gasteiger partial charge in [-0.25, -0.2) is 4.98 Å². The molecule has 0 atom stereocenters. The fourth-order valence-corrected chi connectivity index (χ4v) is 2.74. The molecular weight excluding hydrogens is 312 g/mol. The first-order valence-corrected chi connectivity index (χ1v) is 8.02. The molecule has 0 aliphatic heterocycles. The fourth-order valence-electron chi connectivity index (χ4n) is 2.74. The Bertz CT molecular complexity index is 879. The lowest BCUT2D eigenvalue weighted by molar-refractivity contribution is 1.16. The number of nitrogen functional groups attached to an aromatic ring is 2. The molecule has 0 spiro atoms. The molecule has 2 aromatic carbocycles. The van der Waals surface area contributed by atoms with Crippen molar-refractivity contribution in [2.24, 2.45) is 0 Å². The molecule has 0 saturated heterocycles. The molecular formula is C19H22N6. The summed E-state index contributed by atoms with van der Waals surface area (Å²) in [4.78, 5) is 8.74. The monoisotopic (exact) mass is 334 g/mol.